The predicted octanol–water partition coefficient (Wildman–Crippen LogP) is 7.87. The number of rotatable bonds is 10. The Morgan fingerprint density at radius 3 is 2.13 bits per heavy atom. The molecule has 1 amide bonds. The number of piperidine rings is 1. The highest BCUT2D eigenvalue weighted by Gasteiger charge is 2.43. The number of aromatic nitrogens is 1. The molecule has 2 fully saturated rings. The number of halogens is 1. The lowest BCUT2D eigenvalue weighted by molar-refractivity contribution is -0.118. The van der Waals surface area contributed by atoms with Gasteiger partial charge >= 0.3 is 0 Å². The number of Topliss-reactive ketones (excluding diaryl/α,β-unsaturated/α-hetero) is 1. The molecule has 7 heteroatoms. The zero-order valence-corrected chi connectivity index (χ0v) is 24.9. The van der Waals surface area contributed by atoms with Crippen LogP contribution in [0.4, 0.5) is 0 Å². The van der Waals surface area contributed by atoms with E-state index in [2.05, 4.69) is 36.4 Å². The van der Waals surface area contributed by atoms with Crippen LogP contribution in [-0.2, 0) is 16.0 Å². The second-order valence-electron chi connectivity index (χ2n) is 10.2. The fourth-order valence-electron chi connectivity index (χ4n) is 4.32. The van der Waals surface area contributed by atoms with Gasteiger partial charge in [0.25, 0.3) is 0 Å². The van der Waals surface area contributed by atoms with Crippen molar-refractivity contribution in [3.05, 3.63) is 41.4 Å². The van der Waals surface area contributed by atoms with Crippen LogP contribution in [-0.4, -0.2) is 41.7 Å². The summed E-state index contributed by atoms with van der Waals surface area (Å²) in [6.45, 7) is 12.4. The van der Waals surface area contributed by atoms with E-state index in [9.17, 15) is 4.79 Å². The molecule has 2 N–H and O–H groups in total. The van der Waals surface area contributed by atoms with E-state index in [1.807, 2.05) is 31.2 Å². The Labute approximate surface area is 235 Å². The van der Waals surface area contributed by atoms with Crippen LogP contribution in [0.2, 0.25) is 5.02 Å². The van der Waals surface area contributed by atoms with Gasteiger partial charge in [0, 0.05) is 29.8 Å². The molecule has 1 saturated carbocycles. The summed E-state index contributed by atoms with van der Waals surface area (Å²) in [4.78, 5) is 26.7. The van der Waals surface area contributed by atoms with Crippen LogP contribution < -0.4 is 5.73 Å². The summed E-state index contributed by atoms with van der Waals surface area (Å²) in [5.41, 5.74) is 6.02. The normalized spacial score (nSPS) is 15.2. The van der Waals surface area contributed by atoms with Crippen LogP contribution in [0.5, 0.6) is 0 Å². The number of benzene rings is 1. The number of nitrogens with two attached hydrogens (primary N) is 1. The summed E-state index contributed by atoms with van der Waals surface area (Å²) in [7, 11) is 0. The Hall–Kier alpha value is -2.18. The highest BCUT2D eigenvalue weighted by molar-refractivity contribution is 6.30. The van der Waals surface area contributed by atoms with Gasteiger partial charge in [-0.25, -0.2) is 4.98 Å². The lowest BCUT2D eigenvalue weighted by atomic mass is 9.94. The van der Waals surface area contributed by atoms with E-state index in [4.69, 9.17) is 20.8 Å². The lowest BCUT2D eigenvalue weighted by Crippen LogP contribution is -2.34. The molecule has 38 heavy (non-hydrogen) atoms. The fourth-order valence-corrected chi connectivity index (χ4v) is 4.45. The van der Waals surface area contributed by atoms with Crippen molar-refractivity contribution in [1.82, 2.24) is 9.88 Å². The summed E-state index contributed by atoms with van der Waals surface area (Å²) in [5.74, 6) is 1.91. The topological polar surface area (TPSA) is 89.4 Å². The van der Waals surface area contributed by atoms with E-state index < -0.39 is 0 Å². The maximum atomic E-state index is 11.2. The molecule has 0 atom stereocenters. The first-order valence-electron chi connectivity index (χ1n) is 14.5. The van der Waals surface area contributed by atoms with Crippen LogP contribution in [0.3, 0.4) is 0 Å². The van der Waals surface area contributed by atoms with Gasteiger partial charge in [-0.05, 0) is 87.8 Å². The summed E-state index contributed by atoms with van der Waals surface area (Å²) >= 11 is 5.88. The third kappa shape index (κ3) is 14.1. The van der Waals surface area contributed by atoms with E-state index in [0.717, 1.165) is 61.2 Å². The number of carbonyl (C=O) groups is 2. The standard InChI is InChI=1S/C18H22ClNO2.C9H17N.C3H8.CH3NO/c1-2-16(21)7-5-3-4-6-8-18-20-13-17(22-18)14-9-11-15(19)12-10-14;1-2-10-7-5-9(3-4-9)6-8-10;1-3-2;2-1-3/h9-13H,2-8H2,1H3;2-8H2,1H3;3H2,1-2H3;1H,(H2,2,3). The van der Waals surface area contributed by atoms with Crippen molar-refractivity contribution in [2.24, 2.45) is 11.1 Å². The number of amides is 1. The maximum absolute atomic E-state index is 11.2. The van der Waals surface area contributed by atoms with E-state index >= 15 is 0 Å². The van der Waals surface area contributed by atoms with Crippen LogP contribution >= 0.6 is 11.6 Å². The third-order valence-corrected chi connectivity index (χ3v) is 7.25. The summed E-state index contributed by atoms with van der Waals surface area (Å²) in [6, 6.07) is 7.54. The lowest BCUT2D eigenvalue weighted by Gasteiger charge is -2.30. The molecule has 0 radical (unpaired) electrons. The number of primary amides is 1. The number of ketones is 1. The number of carbonyl (C=O) groups excluding carboxylic acids is 2. The molecular formula is C31H50ClN3O3. The average Bonchev–Trinajstić information content (AvgIpc) is 3.51. The molecule has 1 aromatic heterocycles. The van der Waals surface area contributed by atoms with Gasteiger partial charge in [0.2, 0.25) is 6.41 Å². The van der Waals surface area contributed by atoms with Crippen molar-refractivity contribution >= 4 is 23.8 Å². The molecule has 1 aliphatic heterocycles. The van der Waals surface area contributed by atoms with Crippen molar-refractivity contribution < 1.29 is 14.0 Å². The van der Waals surface area contributed by atoms with Crippen molar-refractivity contribution in [3.63, 3.8) is 0 Å². The second-order valence-corrected chi connectivity index (χ2v) is 10.6. The number of unbranched alkanes of at least 4 members (excludes halogenated alkanes) is 3. The maximum Gasteiger partial charge on any atom is 0.204 e. The molecule has 6 nitrogen and oxygen atoms in total. The Bertz CT molecular complexity index is 884. The average molecular weight is 548 g/mol. The number of hydrogen-bond acceptors (Lipinski definition) is 5. The first-order chi connectivity index (χ1) is 18.4. The minimum absolute atomic E-state index is 0.250. The van der Waals surface area contributed by atoms with Gasteiger partial charge in [0.15, 0.2) is 11.7 Å². The van der Waals surface area contributed by atoms with Gasteiger partial charge < -0.3 is 15.1 Å². The Morgan fingerprint density at radius 2 is 1.61 bits per heavy atom. The number of oxazole rings is 1. The Morgan fingerprint density at radius 1 is 1.03 bits per heavy atom. The van der Waals surface area contributed by atoms with Crippen LogP contribution in [0, 0.1) is 5.41 Å². The van der Waals surface area contributed by atoms with Gasteiger partial charge in [-0.1, -0.05) is 58.6 Å². The summed E-state index contributed by atoms with van der Waals surface area (Å²) < 4.78 is 5.76. The van der Waals surface area contributed by atoms with Crippen LogP contribution in [0.15, 0.2) is 34.9 Å². The van der Waals surface area contributed by atoms with Crippen molar-refractivity contribution in [1.29, 1.82) is 0 Å². The molecule has 1 spiro atoms. The molecule has 1 aliphatic carbocycles. The fraction of sp³-hybridized carbons (Fsp3) is 0.645. The monoisotopic (exact) mass is 547 g/mol. The number of hydrogen-bond donors (Lipinski definition) is 1. The molecule has 2 aromatic rings. The smallest absolute Gasteiger partial charge is 0.204 e. The van der Waals surface area contributed by atoms with E-state index in [0.29, 0.717) is 17.2 Å². The second kappa shape index (κ2) is 19.8. The zero-order chi connectivity index (χ0) is 28.2. The molecule has 0 unspecified atom stereocenters. The summed E-state index contributed by atoms with van der Waals surface area (Å²) in [5, 5.41) is 0.713. The van der Waals surface area contributed by atoms with E-state index in [1.165, 1.54) is 51.7 Å². The van der Waals surface area contributed by atoms with Gasteiger partial charge in [-0.3, -0.25) is 9.59 Å². The predicted molar refractivity (Wildman–Crippen MR) is 158 cm³/mol. The number of likely N-dealkylation sites (tertiary alicyclic amines) is 1. The van der Waals surface area contributed by atoms with Gasteiger partial charge in [0.1, 0.15) is 5.78 Å². The molecule has 0 bridgehead atoms. The Kier molecular flexibility index (Phi) is 17.7. The van der Waals surface area contributed by atoms with Crippen molar-refractivity contribution in [3.8, 4) is 11.3 Å². The van der Waals surface area contributed by atoms with Gasteiger partial charge in [0.05, 0.1) is 6.20 Å². The molecule has 1 aromatic carbocycles. The van der Waals surface area contributed by atoms with Crippen LogP contribution in [0.1, 0.15) is 104 Å². The van der Waals surface area contributed by atoms with Crippen molar-refractivity contribution in [2.75, 3.05) is 19.6 Å². The highest BCUT2D eigenvalue weighted by atomic mass is 35.5. The molecule has 2 aliphatic rings. The highest BCUT2D eigenvalue weighted by Crippen LogP contribution is 2.53. The number of nitrogens with zero attached hydrogens (tertiary/aromatic N) is 2. The zero-order valence-electron chi connectivity index (χ0n) is 24.1. The van der Waals surface area contributed by atoms with Gasteiger partial charge in [-0.2, -0.15) is 0 Å². The minimum atomic E-state index is 0.250. The van der Waals surface area contributed by atoms with E-state index in [-0.39, 0.29) is 6.41 Å². The largest absolute Gasteiger partial charge is 0.441 e. The number of aryl methyl sites for hydroxylation is 1. The third-order valence-electron chi connectivity index (χ3n) is 6.99. The Balaban J connectivity index is 0.000000369. The van der Waals surface area contributed by atoms with Crippen molar-refractivity contribution in [2.45, 2.75) is 105 Å². The first kappa shape index (κ1) is 33.8. The first-order valence-corrected chi connectivity index (χ1v) is 14.8. The molecule has 214 valence electrons. The minimum Gasteiger partial charge on any atom is -0.441 e. The SMILES string of the molecule is CCC.CCC(=O)CCCCCCc1ncc(-c2ccc(Cl)cc2)o1.CCN1CCC2(CC1)CC2.NC=O. The van der Waals surface area contributed by atoms with Crippen LogP contribution in [0.25, 0.3) is 11.3 Å². The molecule has 1 saturated heterocycles. The molecule has 2 heterocycles. The van der Waals surface area contributed by atoms with E-state index in [1.54, 1.807) is 6.20 Å². The molecular weight excluding hydrogens is 498 g/mol. The van der Waals surface area contributed by atoms with Gasteiger partial charge in [-0.15, -0.1) is 0 Å². The quantitative estimate of drug-likeness (QED) is 0.241. The molecule has 4 rings (SSSR count). The summed E-state index contributed by atoms with van der Waals surface area (Å²) in [6.07, 6.45) is 15.8.